The van der Waals surface area contributed by atoms with Gasteiger partial charge in [-0.1, -0.05) is 38.1 Å². The van der Waals surface area contributed by atoms with Gasteiger partial charge < -0.3 is 26.0 Å². The van der Waals surface area contributed by atoms with Crippen molar-refractivity contribution in [2.45, 2.75) is 53.3 Å². The van der Waals surface area contributed by atoms with Crippen LogP contribution in [0.3, 0.4) is 0 Å². The molecule has 6 heteroatoms. The van der Waals surface area contributed by atoms with Crippen molar-refractivity contribution in [2.24, 2.45) is 5.73 Å². The Morgan fingerprint density at radius 3 is 1.89 bits per heavy atom. The molecule has 0 unspecified atom stereocenters. The zero-order chi connectivity index (χ0) is 20.9. The van der Waals surface area contributed by atoms with E-state index in [-0.39, 0.29) is 11.5 Å². The maximum atomic E-state index is 11.3. The lowest BCUT2D eigenvalue weighted by Crippen LogP contribution is -2.32. The molecule has 0 saturated heterocycles. The van der Waals surface area contributed by atoms with Gasteiger partial charge in [0.05, 0.1) is 0 Å². The Morgan fingerprint density at radius 1 is 1.00 bits per heavy atom. The lowest BCUT2D eigenvalue weighted by molar-refractivity contribution is 0.0523. The molecule has 0 radical (unpaired) electrons. The van der Waals surface area contributed by atoms with Crippen molar-refractivity contribution in [2.75, 3.05) is 0 Å². The van der Waals surface area contributed by atoms with E-state index in [0.29, 0.717) is 13.1 Å². The number of phenolic OH excluding ortho intramolecular Hbond substituents is 2. The highest BCUT2D eigenvalue weighted by atomic mass is 16.6. The molecule has 0 fully saturated rings. The fourth-order valence-corrected chi connectivity index (χ4v) is 1.84. The van der Waals surface area contributed by atoms with Crippen LogP contribution >= 0.6 is 0 Å². The number of benzene rings is 2. The first kappa shape index (κ1) is 24.3. The SMILES string of the molecule is CC.CC(C)(C)OC(=O)NCc1cccc(O)c1.NCc1cccc(O)c1. The monoisotopic (exact) mass is 376 g/mol. The second-order valence-corrected chi connectivity index (χ2v) is 6.40. The molecular formula is C21H32N2O4. The summed E-state index contributed by atoms with van der Waals surface area (Å²) < 4.78 is 5.08. The highest BCUT2D eigenvalue weighted by Crippen LogP contribution is 2.11. The van der Waals surface area contributed by atoms with Gasteiger partial charge >= 0.3 is 6.09 Å². The Hall–Kier alpha value is -2.73. The molecule has 6 nitrogen and oxygen atoms in total. The molecule has 0 aromatic heterocycles. The molecular weight excluding hydrogens is 344 g/mol. The van der Waals surface area contributed by atoms with E-state index in [9.17, 15) is 9.90 Å². The van der Waals surface area contributed by atoms with Gasteiger partial charge in [-0.3, -0.25) is 0 Å². The number of hydrogen-bond acceptors (Lipinski definition) is 5. The number of amides is 1. The van der Waals surface area contributed by atoms with Crippen molar-refractivity contribution in [3.05, 3.63) is 59.7 Å². The standard InChI is InChI=1S/C12H17NO3.C7H9NO.C2H6/c1-12(2,3)16-11(15)13-8-9-5-4-6-10(14)7-9;8-5-6-2-1-3-7(9)4-6;1-2/h4-7,14H,8H2,1-3H3,(H,13,15);1-4,9H,5,8H2;1-2H3. The molecule has 0 spiro atoms. The smallest absolute Gasteiger partial charge is 0.407 e. The van der Waals surface area contributed by atoms with E-state index in [1.54, 1.807) is 57.2 Å². The van der Waals surface area contributed by atoms with Crippen LogP contribution in [0.15, 0.2) is 48.5 Å². The van der Waals surface area contributed by atoms with Gasteiger partial charge in [-0.25, -0.2) is 4.79 Å². The molecule has 0 aliphatic rings. The molecule has 0 aliphatic carbocycles. The lowest BCUT2D eigenvalue weighted by Gasteiger charge is -2.19. The number of phenols is 2. The molecule has 0 aliphatic heterocycles. The van der Waals surface area contributed by atoms with Gasteiger partial charge in [-0.15, -0.1) is 0 Å². The summed E-state index contributed by atoms with van der Waals surface area (Å²) in [5.41, 5.74) is 6.59. The summed E-state index contributed by atoms with van der Waals surface area (Å²) in [4.78, 5) is 11.3. The van der Waals surface area contributed by atoms with Crippen LogP contribution in [0.2, 0.25) is 0 Å². The number of carbonyl (C=O) groups excluding carboxylic acids is 1. The molecule has 0 saturated carbocycles. The minimum atomic E-state index is -0.497. The number of aromatic hydroxyl groups is 2. The van der Waals surface area contributed by atoms with Gasteiger partial charge in [0, 0.05) is 13.1 Å². The third kappa shape index (κ3) is 12.3. The number of rotatable bonds is 3. The topological polar surface area (TPSA) is 105 Å². The maximum absolute atomic E-state index is 11.3. The molecule has 5 N–H and O–H groups in total. The summed E-state index contributed by atoms with van der Waals surface area (Å²) in [6, 6.07) is 13.6. The fourth-order valence-electron chi connectivity index (χ4n) is 1.84. The van der Waals surface area contributed by atoms with Crippen LogP contribution in [0.5, 0.6) is 11.5 Å². The van der Waals surface area contributed by atoms with Gasteiger partial charge in [-0.2, -0.15) is 0 Å². The van der Waals surface area contributed by atoms with E-state index in [1.807, 2.05) is 26.0 Å². The average molecular weight is 376 g/mol. The van der Waals surface area contributed by atoms with Crippen molar-refractivity contribution in [1.82, 2.24) is 5.32 Å². The molecule has 0 heterocycles. The van der Waals surface area contributed by atoms with Crippen molar-refractivity contribution in [1.29, 1.82) is 0 Å². The fraction of sp³-hybridized carbons (Fsp3) is 0.381. The predicted octanol–water partition coefficient (Wildman–Crippen LogP) is 4.29. The molecule has 0 bridgehead atoms. The quantitative estimate of drug-likeness (QED) is 0.639. The largest absolute Gasteiger partial charge is 0.508 e. The van der Waals surface area contributed by atoms with Crippen LogP contribution in [0.4, 0.5) is 4.79 Å². The summed E-state index contributed by atoms with van der Waals surface area (Å²) in [5.74, 6) is 0.460. The number of hydrogen-bond donors (Lipinski definition) is 4. The summed E-state index contributed by atoms with van der Waals surface area (Å²) >= 11 is 0. The van der Waals surface area contributed by atoms with Crippen LogP contribution < -0.4 is 11.1 Å². The van der Waals surface area contributed by atoms with Crippen LogP contribution in [-0.2, 0) is 17.8 Å². The predicted molar refractivity (Wildman–Crippen MR) is 109 cm³/mol. The summed E-state index contributed by atoms with van der Waals surface area (Å²) in [6.45, 7) is 10.2. The van der Waals surface area contributed by atoms with E-state index in [1.165, 1.54) is 0 Å². The van der Waals surface area contributed by atoms with E-state index in [2.05, 4.69) is 5.32 Å². The number of ether oxygens (including phenoxy) is 1. The highest BCUT2D eigenvalue weighted by molar-refractivity contribution is 5.67. The van der Waals surface area contributed by atoms with Gasteiger partial charge in [0.2, 0.25) is 0 Å². The normalized spacial score (nSPS) is 9.85. The van der Waals surface area contributed by atoms with E-state index in [0.717, 1.165) is 11.1 Å². The van der Waals surface area contributed by atoms with E-state index >= 15 is 0 Å². The Balaban J connectivity index is 0.000000519. The van der Waals surface area contributed by atoms with Gasteiger partial charge in [0.15, 0.2) is 0 Å². The van der Waals surface area contributed by atoms with Crippen LogP contribution in [0, 0.1) is 0 Å². The summed E-state index contributed by atoms with van der Waals surface area (Å²) in [6.07, 6.45) is -0.462. The summed E-state index contributed by atoms with van der Waals surface area (Å²) in [7, 11) is 0. The van der Waals surface area contributed by atoms with E-state index < -0.39 is 11.7 Å². The molecule has 0 atom stereocenters. The highest BCUT2D eigenvalue weighted by Gasteiger charge is 2.15. The number of alkyl carbamates (subject to hydrolysis) is 1. The molecule has 1 amide bonds. The summed E-state index contributed by atoms with van der Waals surface area (Å²) in [5, 5.41) is 20.7. The van der Waals surface area contributed by atoms with Crippen LogP contribution in [0.25, 0.3) is 0 Å². The molecule has 27 heavy (non-hydrogen) atoms. The van der Waals surface area contributed by atoms with Crippen molar-refractivity contribution in [3.8, 4) is 11.5 Å². The Kier molecular flexibility index (Phi) is 11.3. The second-order valence-electron chi connectivity index (χ2n) is 6.40. The van der Waals surface area contributed by atoms with Gasteiger partial charge in [-0.05, 0) is 56.2 Å². The maximum Gasteiger partial charge on any atom is 0.407 e. The molecule has 2 rings (SSSR count). The van der Waals surface area contributed by atoms with Crippen molar-refractivity contribution < 1.29 is 19.7 Å². The van der Waals surface area contributed by atoms with Crippen molar-refractivity contribution >= 4 is 6.09 Å². The zero-order valence-corrected chi connectivity index (χ0v) is 16.8. The first-order chi connectivity index (χ1) is 12.7. The third-order valence-electron chi connectivity index (χ3n) is 2.89. The lowest BCUT2D eigenvalue weighted by atomic mass is 10.2. The van der Waals surface area contributed by atoms with Crippen molar-refractivity contribution in [3.63, 3.8) is 0 Å². The minimum Gasteiger partial charge on any atom is -0.508 e. The minimum absolute atomic E-state index is 0.184. The molecule has 2 aromatic carbocycles. The van der Waals surface area contributed by atoms with E-state index in [4.69, 9.17) is 15.6 Å². The first-order valence-electron chi connectivity index (χ1n) is 8.92. The number of nitrogens with two attached hydrogens (primary N) is 1. The number of nitrogens with one attached hydrogen (secondary N) is 1. The average Bonchev–Trinajstić information content (AvgIpc) is 2.61. The Bertz CT molecular complexity index is 682. The van der Waals surface area contributed by atoms with Gasteiger partial charge in [0.25, 0.3) is 0 Å². The van der Waals surface area contributed by atoms with Gasteiger partial charge in [0.1, 0.15) is 17.1 Å². The van der Waals surface area contributed by atoms with Crippen LogP contribution in [-0.4, -0.2) is 21.9 Å². The first-order valence-corrected chi connectivity index (χ1v) is 8.92. The Labute approximate surface area is 162 Å². The molecule has 150 valence electrons. The zero-order valence-electron chi connectivity index (χ0n) is 16.8. The third-order valence-corrected chi connectivity index (χ3v) is 2.89. The molecule has 2 aromatic rings. The Morgan fingerprint density at radius 2 is 1.48 bits per heavy atom. The van der Waals surface area contributed by atoms with Crippen LogP contribution in [0.1, 0.15) is 45.7 Å². The number of carbonyl (C=O) groups is 1. The second kappa shape index (κ2) is 12.6.